The fourth-order valence-corrected chi connectivity index (χ4v) is 5.83. The first-order chi connectivity index (χ1) is 14.3. The number of fused-ring (bicyclic) bond motifs is 3. The second-order valence-corrected chi connectivity index (χ2v) is 9.46. The molecule has 0 radical (unpaired) electrons. The lowest BCUT2D eigenvalue weighted by atomic mass is 10.0. The number of sulfonamides is 1. The van der Waals surface area contributed by atoms with Crippen LogP contribution in [0.15, 0.2) is 59.5 Å². The van der Waals surface area contributed by atoms with Crippen molar-refractivity contribution in [1.82, 2.24) is 0 Å². The van der Waals surface area contributed by atoms with Crippen molar-refractivity contribution in [2.75, 3.05) is 10.9 Å². The van der Waals surface area contributed by atoms with E-state index in [1.807, 2.05) is 0 Å². The topological polar surface area (TPSA) is 101 Å². The summed E-state index contributed by atoms with van der Waals surface area (Å²) in [4.78, 5) is 24.2. The molecule has 3 aromatic rings. The van der Waals surface area contributed by atoms with Crippen LogP contribution in [-0.4, -0.2) is 32.1 Å². The fourth-order valence-electron chi connectivity index (χ4n) is 3.32. The Hall–Kier alpha value is -3.17. The molecule has 0 fully saturated rings. The molecule has 7 nitrogen and oxygen atoms in total. The van der Waals surface area contributed by atoms with Gasteiger partial charge >= 0.3 is 11.9 Å². The van der Waals surface area contributed by atoms with E-state index in [1.54, 1.807) is 31.2 Å². The van der Waals surface area contributed by atoms with Crippen molar-refractivity contribution in [3.8, 4) is 10.4 Å². The summed E-state index contributed by atoms with van der Waals surface area (Å²) in [6, 6.07) is 14.1. The van der Waals surface area contributed by atoms with Crippen molar-refractivity contribution in [2.24, 2.45) is 0 Å². The van der Waals surface area contributed by atoms with Crippen LogP contribution in [0.4, 0.5) is 5.69 Å². The van der Waals surface area contributed by atoms with Crippen molar-refractivity contribution < 1.29 is 27.9 Å². The van der Waals surface area contributed by atoms with Crippen LogP contribution in [0.1, 0.15) is 32.5 Å². The zero-order valence-electron chi connectivity index (χ0n) is 15.9. The molecule has 0 saturated heterocycles. The Bertz CT molecular complexity index is 1240. The molecular formula is C21H17NO6S2. The molecule has 154 valence electrons. The van der Waals surface area contributed by atoms with Crippen molar-refractivity contribution in [1.29, 1.82) is 0 Å². The zero-order chi connectivity index (χ0) is 21.5. The SMILES string of the molecule is CCOC(=O)c1ccc(S(=O)(=O)N2Cc3cc(C(=O)O)sc3-c3ccccc32)cc1. The lowest BCUT2D eigenvalue weighted by Gasteiger charge is -2.30. The average molecular weight is 444 g/mol. The summed E-state index contributed by atoms with van der Waals surface area (Å²) in [6.45, 7) is 1.95. The van der Waals surface area contributed by atoms with Crippen molar-refractivity contribution >= 4 is 39.0 Å². The molecule has 1 aliphatic heterocycles. The summed E-state index contributed by atoms with van der Waals surface area (Å²) < 4.78 is 33.0. The Kier molecular flexibility index (Phi) is 5.08. The summed E-state index contributed by atoms with van der Waals surface area (Å²) in [5.74, 6) is -1.57. The lowest BCUT2D eigenvalue weighted by molar-refractivity contribution is 0.0525. The number of anilines is 1. The quantitative estimate of drug-likeness (QED) is 0.598. The van der Waals surface area contributed by atoms with Gasteiger partial charge in [-0.25, -0.2) is 18.0 Å². The van der Waals surface area contributed by atoms with Crippen LogP contribution >= 0.6 is 11.3 Å². The van der Waals surface area contributed by atoms with Gasteiger partial charge in [0.15, 0.2) is 0 Å². The summed E-state index contributed by atoms with van der Waals surface area (Å²) in [6.07, 6.45) is 0. The molecule has 0 atom stereocenters. The summed E-state index contributed by atoms with van der Waals surface area (Å²) >= 11 is 1.13. The van der Waals surface area contributed by atoms with Crippen LogP contribution in [0.25, 0.3) is 10.4 Å². The highest BCUT2D eigenvalue weighted by molar-refractivity contribution is 7.92. The van der Waals surface area contributed by atoms with E-state index in [1.165, 1.54) is 34.6 Å². The minimum atomic E-state index is -3.95. The van der Waals surface area contributed by atoms with Gasteiger partial charge in [-0.2, -0.15) is 0 Å². The predicted molar refractivity (Wildman–Crippen MR) is 112 cm³/mol. The first-order valence-corrected chi connectivity index (χ1v) is 11.3. The first-order valence-electron chi connectivity index (χ1n) is 9.08. The van der Waals surface area contributed by atoms with Gasteiger partial charge in [-0.05, 0) is 48.9 Å². The highest BCUT2D eigenvalue weighted by Gasteiger charge is 2.33. The van der Waals surface area contributed by atoms with Crippen molar-refractivity contribution in [3.63, 3.8) is 0 Å². The van der Waals surface area contributed by atoms with E-state index in [2.05, 4.69) is 0 Å². The van der Waals surface area contributed by atoms with Crippen LogP contribution in [0, 0.1) is 0 Å². The molecule has 2 heterocycles. The third-order valence-corrected chi connectivity index (χ3v) is 7.68. The van der Waals surface area contributed by atoms with Gasteiger partial charge in [0.05, 0.1) is 29.3 Å². The fraction of sp³-hybridized carbons (Fsp3) is 0.143. The molecule has 4 rings (SSSR count). The summed E-state index contributed by atoms with van der Waals surface area (Å²) in [5.41, 5.74) is 2.06. The molecule has 2 aromatic carbocycles. The number of carbonyl (C=O) groups is 2. The zero-order valence-corrected chi connectivity index (χ0v) is 17.5. The Morgan fingerprint density at radius 3 is 2.50 bits per heavy atom. The maximum Gasteiger partial charge on any atom is 0.345 e. The second-order valence-electron chi connectivity index (χ2n) is 6.54. The average Bonchev–Trinajstić information content (AvgIpc) is 3.18. The van der Waals surface area contributed by atoms with E-state index in [4.69, 9.17) is 4.74 Å². The molecule has 0 aliphatic carbocycles. The molecule has 0 unspecified atom stereocenters. The van der Waals surface area contributed by atoms with Gasteiger partial charge in [-0.15, -0.1) is 11.3 Å². The molecule has 0 amide bonds. The third kappa shape index (κ3) is 3.35. The molecule has 0 bridgehead atoms. The van der Waals surface area contributed by atoms with E-state index in [9.17, 15) is 23.1 Å². The molecule has 1 N–H and O–H groups in total. The van der Waals surface area contributed by atoms with E-state index in [0.29, 0.717) is 16.8 Å². The molecule has 0 saturated carbocycles. The maximum atomic E-state index is 13.4. The lowest BCUT2D eigenvalue weighted by Crippen LogP contribution is -2.32. The maximum absolute atomic E-state index is 13.4. The Morgan fingerprint density at radius 2 is 1.83 bits per heavy atom. The Morgan fingerprint density at radius 1 is 1.13 bits per heavy atom. The number of benzene rings is 2. The van der Waals surface area contributed by atoms with Crippen molar-refractivity contribution in [3.05, 3.63) is 70.6 Å². The second kappa shape index (κ2) is 7.58. The number of para-hydroxylation sites is 1. The predicted octanol–water partition coefficient (Wildman–Crippen LogP) is 4.00. The van der Waals surface area contributed by atoms with E-state index in [-0.39, 0.29) is 28.5 Å². The Balaban J connectivity index is 1.76. The normalized spacial score (nSPS) is 12.8. The van der Waals surface area contributed by atoms with Gasteiger partial charge in [0.25, 0.3) is 10.0 Å². The largest absolute Gasteiger partial charge is 0.477 e. The number of aromatic carboxylic acids is 1. The Labute approximate surface area is 177 Å². The molecule has 30 heavy (non-hydrogen) atoms. The number of thiophene rings is 1. The minimum absolute atomic E-state index is 0.0259. The number of esters is 1. The standard InChI is InChI=1S/C21H17NO6S2/c1-2-28-21(25)13-7-9-15(10-8-13)30(26,27)22-12-14-11-18(20(23)24)29-19(14)16-5-3-4-6-17(16)22/h3-11H,2,12H2,1H3,(H,23,24). The van der Waals surface area contributed by atoms with Gasteiger partial charge in [-0.1, -0.05) is 18.2 Å². The highest BCUT2D eigenvalue weighted by atomic mass is 32.2. The number of carboxylic acids is 1. The van der Waals surface area contributed by atoms with E-state index >= 15 is 0 Å². The van der Waals surface area contributed by atoms with Gasteiger partial charge in [-0.3, -0.25) is 4.31 Å². The number of ether oxygens (including phenoxy) is 1. The third-order valence-electron chi connectivity index (χ3n) is 4.70. The molecule has 9 heteroatoms. The molecule has 1 aromatic heterocycles. The monoisotopic (exact) mass is 443 g/mol. The van der Waals surface area contributed by atoms with E-state index in [0.717, 1.165) is 16.2 Å². The number of rotatable bonds is 5. The van der Waals surface area contributed by atoms with E-state index < -0.39 is 22.0 Å². The van der Waals surface area contributed by atoms with Gasteiger partial charge in [0.2, 0.25) is 0 Å². The molecule has 0 spiro atoms. The smallest absolute Gasteiger partial charge is 0.345 e. The van der Waals surface area contributed by atoms with Crippen LogP contribution in [-0.2, 0) is 21.3 Å². The van der Waals surface area contributed by atoms with Crippen LogP contribution in [0.3, 0.4) is 0 Å². The summed E-state index contributed by atoms with van der Waals surface area (Å²) in [5, 5.41) is 9.34. The molecular weight excluding hydrogens is 426 g/mol. The van der Waals surface area contributed by atoms with Gasteiger partial charge in [0.1, 0.15) is 4.88 Å². The van der Waals surface area contributed by atoms with Crippen molar-refractivity contribution in [2.45, 2.75) is 18.4 Å². The number of carbonyl (C=O) groups excluding carboxylic acids is 1. The molecule has 1 aliphatic rings. The number of hydrogen-bond donors (Lipinski definition) is 1. The van der Waals surface area contributed by atoms with Gasteiger partial charge in [0, 0.05) is 10.4 Å². The van der Waals surface area contributed by atoms with Gasteiger partial charge < -0.3 is 9.84 Å². The number of carboxylic acid groups (broad SMARTS) is 1. The van der Waals surface area contributed by atoms with Crippen LogP contribution in [0.5, 0.6) is 0 Å². The first kappa shape index (κ1) is 20.1. The summed E-state index contributed by atoms with van der Waals surface area (Å²) in [7, 11) is -3.95. The minimum Gasteiger partial charge on any atom is -0.477 e. The number of nitrogens with zero attached hydrogens (tertiary/aromatic N) is 1. The van der Waals surface area contributed by atoms with Crippen LogP contribution in [0.2, 0.25) is 0 Å². The number of hydrogen-bond acceptors (Lipinski definition) is 6. The highest BCUT2D eigenvalue weighted by Crippen LogP contribution is 2.45. The van der Waals surface area contributed by atoms with Crippen LogP contribution < -0.4 is 4.31 Å².